The van der Waals surface area contributed by atoms with E-state index in [0.29, 0.717) is 16.8 Å². The summed E-state index contributed by atoms with van der Waals surface area (Å²) in [4.78, 5) is 26.6. The summed E-state index contributed by atoms with van der Waals surface area (Å²) in [5.74, 6) is -0.819. The van der Waals surface area contributed by atoms with E-state index in [1.54, 1.807) is 31.4 Å². The predicted molar refractivity (Wildman–Crippen MR) is 103 cm³/mol. The Balaban J connectivity index is 1.42. The highest BCUT2D eigenvalue weighted by Crippen LogP contribution is 2.23. The van der Waals surface area contributed by atoms with Gasteiger partial charge >= 0.3 is 5.76 Å². The molecule has 3 aromatic rings. The lowest BCUT2D eigenvalue weighted by atomic mass is 10.2. The zero-order chi connectivity index (χ0) is 18.8. The lowest BCUT2D eigenvalue weighted by Crippen LogP contribution is -2.25. The molecule has 1 aromatic heterocycles. The molecule has 0 bridgehead atoms. The number of hydrogen-bond acceptors (Lipinski definition) is 5. The Bertz CT molecular complexity index is 1010. The summed E-state index contributed by atoms with van der Waals surface area (Å²) in [7, 11) is 1.74. The number of methoxy groups -OCH3 is 1. The zero-order valence-electron chi connectivity index (χ0n) is 15.1. The SMILES string of the molecule is COC1CCN(c2ccc(NC(=O)Cn3c(=O)oc4ccccc43)cc2)C1. The van der Waals surface area contributed by atoms with E-state index in [0.717, 1.165) is 25.2 Å². The fourth-order valence-corrected chi connectivity index (χ4v) is 3.42. The minimum atomic E-state index is -0.538. The van der Waals surface area contributed by atoms with Gasteiger partial charge in [0.1, 0.15) is 6.54 Å². The van der Waals surface area contributed by atoms with Gasteiger partial charge in [-0.3, -0.25) is 9.36 Å². The average Bonchev–Trinajstić information content (AvgIpc) is 3.27. The molecule has 0 spiro atoms. The molecule has 7 heteroatoms. The van der Waals surface area contributed by atoms with Gasteiger partial charge in [-0.2, -0.15) is 0 Å². The molecular formula is C20H21N3O4. The van der Waals surface area contributed by atoms with Crippen LogP contribution >= 0.6 is 0 Å². The van der Waals surface area contributed by atoms with Crippen molar-refractivity contribution >= 4 is 28.4 Å². The van der Waals surface area contributed by atoms with Crippen molar-refractivity contribution in [2.45, 2.75) is 19.1 Å². The number of nitrogens with one attached hydrogen (secondary N) is 1. The summed E-state index contributed by atoms with van der Waals surface area (Å²) in [6.07, 6.45) is 1.29. The van der Waals surface area contributed by atoms with Gasteiger partial charge in [0.15, 0.2) is 5.58 Å². The number of hydrogen-bond donors (Lipinski definition) is 1. The molecule has 1 N–H and O–H groups in total. The van der Waals surface area contributed by atoms with Gasteiger partial charge in [-0.15, -0.1) is 0 Å². The lowest BCUT2D eigenvalue weighted by Gasteiger charge is -2.18. The highest BCUT2D eigenvalue weighted by Gasteiger charge is 2.22. The third-order valence-electron chi connectivity index (χ3n) is 4.87. The van der Waals surface area contributed by atoms with E-state index in [1.165, 1.54) is 4.57 Å². The van der Waals surface area contributed by atoms with Crippen molar-refractivity contribution in [2.75, 3.05) is 30.4 Å². The zero-order valence-corrected chi connectivity index (χ0v) is 15.1. The van der Waals surface area contributed by atoms with Crippen LogP contribution in [0.4, 0.5) is 11.4 Å². The van der Waals surface area contributed by atoms with E-state index >= 15 is 0 Å². The van der Waals surface area contributed by atoms with E-state index in [4.69, 9.17) is 9.15 Å². The fourth-order valence-electron chi connectivity index (χ4n) is 3.42. The summed E-state index contributed by atoms with van der Waals surface area (Å²) >= 11 is 0. The molecule has 1 unspecified atom stereocenters. The largest absolute Gasteiger partial charge is 0.420 e. The number of fused-ring (bicyclic) bond motifs is 1. The van der Waals surface area contributed by atoms with Gasteiger partial charge in [-0.25, -0.2) is 4.79 Å². The Kier molecular flexibility index (Phi) is 4.68. The third-order valence-corrected chi connectivity index (χ3v) is 4.87. The molecular weight excluding hydrogens is 346 g/mol. The van der Waals surface area contributed by atoms with Gasteiger partial charge in [0.05, 0.1) is 11.6 Å². The van der Waals surface area contributed by atoms with Crippen molar-refractivity contribution < 1.29 is 13.9 Å². The van der Waals surface area contributed by atoms with Crippen LogP contribution in [0.25, 0.3) is 11.1 Å². The molecule has 1 fully saturated rings. The molecule has 1 atom stereocenters. The van der Waals surface area contributed by atoms with Gasteiger partial charge < -0.3 is 19.4 Å². The molecule has 140 valence electrons. The normalized spacial score (nSPS) is 16.8. The topological polar surface area (TPSA) is 76.7 Å². The molecule has 1 saturated heterocycles. The summed E-state index contributed by atoms with van der Waals surface area (Å²) in [6, 6.07) is 14.7. The maximum Gasteiger partial charge on any atom is 0.420 e. The molecule has 1 amide bonds. The molecule has 1 aliphatic heterocycles. The number of carbonyl (C=O) groups is 1. The second-order valence-corrected chi connectivity index (χ2v) is 6.61. The first kappa shape index (κ1) is 17.4. The molecule has 0 radical (unpaired) electrons. The van der Waals surface area contributed by atoms with Gasteiger partial charge in [-0.1, -0.05) is 12.1 Å². The van der Waals surface area contributed by atoms with Crippen molar-refractivity contribution in [3.8, 4) is 0 Å². The Morgan fingerprint density at radius 1 is 1.22 bits per heavy atom. The Labute approximate surface area is 156 Å². The molecule has 27 heavy (non-hydrogen) atoms. The van der Waals surface area contributed by atoms with E-state index in [9.17, 15) is 9.59 Å². The highest BCUT2D eigenvalue weighted by molar-refractivity contribution is 5.91. The number of ether oxygens (including phenoxy) is 1. The number of rotatable bonds is 5. The first-order valence-electron chi connectivity index (χ1n) is 8.90. The predicted octanol–water partition coefficient (Wildman–Crippen LogP) is 2.46. The summed E-state index contributed by atoms with van der Waals surface area (Å²) in [6.45, 7) is 1.73. The average molecular weight is 367 g/mol. The van der Waals surface area contributed by atoms with Crippen molar-refractivity contribution in [3.05, 3.63) is 59.1 Å². The Morgan fingerprint density at radius 3 is 2.74 bits per heavy atom. The molecule has 2 heterocycles. The summed E-state index contributed by atoms with van der Waals surface area (Å²) in [5, 5.41) is 2.83. The third kappa shape index (κ3) is 3.59. The number of carbonyl (C=O) groups excluding carboxylic acids is 1. The monoisotopic (exact) mass is 367 g/mol. The Morgan fingerprint density at radius 2 is 2.00 bits per heavy atom. The second kappa shape index (κ2) is 7.28. The fraction of sp³-hybridized carbons (Fsp3) is 0.300. The van der Waals surface area contributed by atoms with Crippen LogP contribution in [0.5, 0.6) is 0 Å². The smallest absolute Gasteiger partial charge is 0.408 e. The number of amides is 1. The number of benzene rings is 2. The first-order valence-corrected chi connectivity index (χ1v) is 8.90. The van der Waals surface area contributed by atoms with Crippen LogP contribution in [0.1, 0.15) is 6.42 Å². The van der Waals surface area contributed by atoms with E-state index in [2.05, 4.69) is 10.2 Å². The van der Waals surface area contributed by atoms with Crippen molar-refractivity contribution in [3.63, 3.8) is 0 Å². The van der Waals surface area contributed by atoms with Gasteiger partial charge in [0, 0.05) is 31.6 Å². The minimum absolute atomic E-state index is 0.0980. The quantitative estimate of drug-likeness (QED) is 0.750. The maximum atomic E-state index is 12.4. The van der Waals surface area contributed by atoms with Crippen LogP contribution in [-0.4, -0.2) is 36.8 Å². The number of nitrogens with zero attached hydrogens (tertiary/aromatic N) is 2. The highest BCUT2D eigenvalue weighted by atomic mass is 16.5. The van der Waals surface area contributed by atoms with E-state index in [1.807, 2.05) is 24.3 Å². The summed E-state index contributed by atoms with van der Waals surface area (Å²) in [5.41, 5.74) is 2.87. The van der Waals surface area contributed by atoms with Crippen LogP contribution in [-0.2, 0) is 16.1 Å². The molecule has 4 rings (SSSR count). The van der Waals surface area contributed by atoms with Gasteiger partial charge in [0.25, 0.3) is 0 Å². The Hall–Kier alpha value is -3.06. The number of anilines is 2. The molecule has 7 nitrogen and oxygen atoms in total. The van der Waals surface area contributed by atoms with Crippen LogP contribution in [0.3, 0.4) is 0 Å². The number of para-hydroxylation sites is 2. The van der Waals surface area contributed by atoms with Gasteiger partial charge in [0.2, 0.25) is 5.91 Å². The van der Waals surface area contributed by atoms with Crippen molar-refractivity contribution in [1.29, 1.82) is 0 Å². The summed E-state index contributed by atoms with van der Waals surface area (Å²) < 4.78 is 11.9. The number of aromatic nitrogens is 1. The number of oxazole rings is 1. The molecule has 0 aliphatic carbocycles. The van der Waals surface area contributed by atoms with Crippen molar-refractivity contribution in [2.24, 2.45) is 0 Å². The minimum Gasteiger partial charge on any atom is -0.408 e. The van der Waals surface area contributed by atoms with Gasteiger partial charge in [-0.05, 0) is 42.8 Å². The van der Waals surface area contributed by atoms with Crippen molar-refractivity contribution in [1.82, 2.24) is 4.57 Å². The van der Waals surface area contributed by atoms with Crippen LogP contribution in [0.15, 0.2) is 57.7 Å². The maximum absolute atomic E-state index is 12.4. The van der Waals surface area contributed by atoms with E-state index < -0.39 is 5.76 Å². The standard InChI is InChI=1S/C20H21N3O4/c1-26-16-10-11-22(12-16)15-8-6-14(7-9-15)21-19(24)13-23-17-4-2-3-5-18(17)27-20(23)25/h2-9,16H,10-13H2,1H3,(H,21,24). The van der Waals surface area contributed by atoms with Crippen LogP contribution in [0.2, 0.25) is 0 Å². The van der Waals surface area contributed by atoms with E-state index in [-0.39, 0.29) is 18.6 Å². The molecule has 0 saturated carbocycles. The van der Waals surface area contributed by atoms with Crippen LogP contribution in [0, 0.1) is 0 Å². The lowest BCUT2D eigenvalue weighted by molar-refractivity contribution is -0.116. The molecule has 1 aliphatic rings. The molecule has 2 aromatic carbocycles. The van der Waals surface area contributed by atoms with Crippen LogP contribution < -0.4 is 16.0 Å². The first-order chi connectivity index (χ1) is 13.1. The second-order valence-electron chi connectivity index (χ2n) is 6.61.